The first kappa shape index (κ1) is 9.97. The smallest absolute Gasteiger partial charge is 0.255 e. The molecule has 0 heterocycles. The van der Waals surface area contributed by atoms with E-state index < -0.39 is 10.0 Å². The highest BCUT2D eigenvalue weighted by Gasteiger charge is 2.14. The van der Waals surface area contributed by atoms with Gasteiger partial charge in [-0.1, -0.05) is 12.1 Å². The second-order valence-electron chi connectivity index (χ2n) is 2.37. The maximum atomic E-state index is 11.3. The highest BCUT2D eigenvalue weighted by molar-refractivity contribution is 7.89. The second-order valence-corrected chi connectivity index (χ2v) is 4.05. The lowest BCUT2D eigenvalue weighted by Crippen LogP contribution is -2.30. The largest absolute Gasteiger partial charge is 0.387 e. The minimum absolute atomic E-state index is 0.139. The molecule has 0 aliphatic rings. The fourth-order valence-electron chi connectivity index (χ4n) is 0.971. The molecule has 0 spiro atoms. The third kappa shape index (κ3) is 1.97. The Kier molecular flexibility index (Phi) is 2.86. The molecule has 0 radical (unpaired) electrons. The summed E-state index contributed by atoms with van der Waals surface area (Å²) in [4.78, 5) is 1.90. The predicted octanol–water partition coefficient (Wildman–Crippen LogP) is -0.120. The maximum Gasteiger partial charge on any atom is 0.255 e. The van der Waals surface area contributed by atoms with Crippen molar-refractivity contribution in [2.75, 3.05) is 12.4 Å². The molecule has 0 atom stereocenters. The number of sulfonamides is 1. The Bertz CT molecular complexity index is 388. The van der Waals surface area contributed by atoms with Crippen molar-refractivity contribution < 1.29 is 8.42 Å². The number of nitrogens with one attached hydrogen (secondary N) is 2. The van der Waals surface area contributed by atoms with Crippen LogP contribution in [0.2, 0.25) is 0 Å². The minimum atomic E-state index is -3.58. The molecule has 1 aromatic rings. The van der Waals surface area contributed by atoms with Crippen LogP contribution >= 0.6 is 0 Å². The Labute approximate surface area is 77.0 Å². The number of hydrogen-bond donors (Lipinski definition) is 3. The molecule has 1 aromatic carbocycles. The predicted molar refractivity (Wildman–Crippen MR) is 50.5 cm³/mol. The first-order valence-corrected chi connectivity index (χ1v) is 5.09. The van der Waals surface area contributed by atoms with Gasteiger partial charge in [-0.2, -0.15) is 0 Å². The molecule has 6 heteroatoms. The average molecular weight is 201 g/mol. The van der Waals surface area contributed by atoms with Crippen LogP contribution < -0.4 is 16.0 Å². The lowest BCUT2D eigenvalue weighted by molar-refractivity contribution is 0.584. The fourth-order valence-corrected chi connectivity index (χ4v) is 1.82. The monoisotopic (exact) mass is 201 g/mol. The summed E-state index contributed by atoms with van der Waals surface area (Å²) < 4.78 is 22.6. The van der Waals surface area contributed by atoms with E-state index in [1.54, 1.807) is 30.1 Å². The summed E-state index contributed by atoms with van der Waals surface area (Å²) in [5, 5.41) is 2.76. The first-order chi connectivity index (χ1) is 6.11. The Morgan fingerprint density at radius 1 is 1.31 bits per heavy atom. The topological polar surface area (TPSA) is 84.2 Å². The van der Waals surface area contributed by atoms with E-state index in [0.29, 0.717) is 5.69 Å². The van der Waals surface area contributed by atoms with E-state index in [1.165, 1.54) is 6.07 Å². The summed E-state index contributed by atoms with van der Waals surface area (Å²) in [6, 6.07) is 6.50. The summed E-state index contributed by atoms with van der Waals surface area (Å²) in [7, 11) is -1.93. The van der Waals surface area contributed by atoms with Gasteiger partial charge in [-0.3, -0.25) is 5.84 Å². The normalized spacial score (nSPS) is 11.2. The van der Waals surface area contributed by atoms with Crippen molar-refractivity contribution in [2.24, 2.45) is 5.84 Å². The second kappa shape index (κ2) is 3.73. The standard InChI is InChI=1S/C7H11N3O2S/c1-9-6-4-2-3-5-7(6)13(11,12)10-8/h2-5,9-10H,8H2,1H3. The van der Waals surface area contributed by atoms with E-state index in [9.17, 15) is 8.42 Å². The molecule has 0 aromatic heterocycles. The molecule has 0 aliphatic carbocycles. The molecule has 0 saturated carbocycles. The Morgan fingerprint density at radius 2 is 1.92 bits per heavy atom. The molecule has 5 nitrogen and oxygen atoms in total. The van der Waals surface area contributed by atoms with Crippen molar-refractivity contribution in [2.45, 2.75) is 4.90 Å². The molecule has 4 N–H and O–H groups in total. The summed E-state index contributed by atoms with van der Waals surface area (Å²) in [5.74, 6) is 4.90. The highest BCUT2D eigenvalue weighted by atomic mass is 32.2. The van der Waals surface area contributed by atoms with Gasteiger partial charge in [0.2, 0.25) is 0 Å². The fraction of sp³-hybridized carbons (Fsp3) is 0.143. The van der Waals surface area contributed by atoms with E-state index in [-0.39, 0.29) is 4.90 Å². The number of nitrogens with two attached hydrogens (primary N) is 1. The highest BCUT2D eigenvalue weighted by Crippen LogP contribution is 2.18. The molecule has 0 amide bonds. The zero-order chi connectivity index (χ0) is 9.90. The quantitative estimate of drug-likeness (QED) is 0.470. The van der Waals surface area contributed by atoms with Crippen molar-refractivity contribution >= 4 is 15.7 Å². The summed E-state index contributed by atoms with van der Waals surface area (Å²) in [5.41, 5.74) is 0.514. The van der Waals surface area contributed by atoms with Gasteiger partial charge in [-0.15, -0.1) is 4.83 Å². The van der Waals surface area contributed by atoms with Crippen LogP contribution in [0.5, 0.6) is 0 Å². The number of hydrogen-bond acceptors (Lipinski definition) is 4. The number of hydrazine groups is 1. The summed E-state index contributed by atoms with van der Waals surface area (Å²) in [6.45, 7) is 0. The molecule has 0 fully saturated rings. The molecule has 13 heavy (non-hydrogen) atoms. The van der Waals surface area contributed by atoms with Crippen LogP contribution in [0.25, 0.3) is 0 Å². The van der Waals surface area contributed by atoms with E-state index in [2.05, 4.69) is 5.32 Å². The van der Waals surface area contributed by atoms with Crippen LogP contribution in [0, 0.1) is 0 Å². The number of para-hydroxylation sites is 1. The van der Waals surface area contributed by atoms with Crippen LogP contribution in [-0.4, -0.2) is 15.5 Å². The Balaban J connectivity index is 3.29. The molecule has 0 saturated heterocycles. The van der Waals surface area contributed by atoms with Gasteiger partial charge in [0.25, 0.3) is 10.0 Å². The Morgan fingerprint density at radius 3 is 2.46 bits per heavy atom. The summed E-state index contributed by atoms with van der Waals surface area (Å²) in [6.07, 6.45) is 0. The molecular weight excluding hydrogens is 190 g/mol. The van der Waals surface area contributed by atoms with Crippen molar-refractivity contribution in [3.63, 3.8) is 0 Å². The van der Waals surface area contributed by atoms with Gasteiger partial charge < -0.3 is 5.32 Å². The van der Waals surface area contributed by atoms with Gasteiger partial charge in [-0.25, -0.2) is 8.42 Å². The maximum absolute atomic E-state index is 11.3. The van der Waals surface area contributed by atoms with Crippen LogP contribution in [0.4, 0.5) is 5.69 Å². The van der Waals surface area contributed by atoms with Crippen LogP contribution in [0.1, 0.15) is 0 Å². The molecule has 0 bridgehead atoms. The van der Waals surface area contributed by atoms with Gasteiger partial charge in [-0.05, 0) is 12.1 Å². The number of anilines is 1. The average Bonchev–Trinajstić information content (AvgIpc) is 2.18. The molecular formula is C7H11N3O2S. The van der Waals surface area contributed by atoms with Gasteiger partial charge in [0.05, 0.1) is 5.69 Å². The molecule has 72 valence electrons. The van der Waals surface area contributed by atoms with E-state index in [0.717, 1.165) is 0 Å². The molecule has 0 unspecified atom stereocenters. The number of rotatable bonds is 3. The van der Waals surface area contributed by atoms with Crippen molar-refractivity contribution in [3.8, 4) is 0 Å². The van der Waals surface area contributed by atoms with Crippen molar-refractivity contribution in [1.29, 1.82) is 0 Å². The van der Waals surface area contributed by atoms with E-state index in [1.807, 2.05) is 0 Å². The SMILES string of the molecule is CNc1ccccc1S(=O)(=O)NN. The zero-order valence-corrected chi connectivity index (χ0v) is 7.93. The molecule has 1 rings (SSSR count). The van der Waals surface area contributed by atoms with Crippen molar-refractivity contribution in [3.05, 3.63) is 24.3 Å². The van der Waals surface area contributed by atoms with Gasteiger partial charge >= 0.3 is 0 Å². The molecule has 0 aliphatic heterocycles. The van der Waals surface area contributed by atoms with Gasteiger partial charge in [0, 0.05) is 7.05 Å². The third-order valence-electron chi connectivity index (χ3n) is 1.60. The lowest BCUT2D eigenvalue weighted by Gasteiger charge is -2.07. The van der Waals surface area contributed by atoms with Crippen LogP contribution in [-0.2, 0) is 10.0 Å². The van der Waals surface area contributed by atoms with Gasteiger partial charge in [0.15, 0.2) is 0 Å². The van der Waals surface area contributed by atoms with Crippen LogP contribution in [0.3, 0.4) is 0 Å². The first-order valence-electron chi connectivity index (χ1n) is 3.61. The van der Waals surface area contributed by atoms with Crippen LogP contribution in [0.15, 0.2) is 29.2 Å². The van der Waals surface area contributed by atoms with E-state index >= 15 is 0 Å². The van der Waals surface area contributed by atoms with E-state index in [4.69, 9.17) is 5.84 Å². The zero-order valence-electron chi connectivity index (χ0n) is 7.11. The van der Waals surface area contributed by atoms with Crippen molar-refractivity contribution in [1.82, 2.24) is 4.83 Å². The minimum Gasteiger partial charge on any atom is -0.387 e. The summed E-state index contributed by atoms with van der Waals surface area (Å²) >= 11 is 0. The third-order valence-corrected chi connectivity index (χ3v) is 2.85. The number of benzene rings is 1. The lowest BCUT2D eigenvalue weighted by atomic mass is 10.3. The van der Waals surface area contributed by atoms with Gasteiger partial charge in [0.1, 0.15) is 4.90 Å². The Hall–Kier alpha value is -1.11.